The molecule has 1 aliphatic rings. The molecule has 0 atom stereocenters. The number of hydrogen-bond acceptors (Lipinski definition) is 5. The van der Waals surface area contributed by atoms with Gasteiger partial charge in [0.05, 0.1) is 17.7 Å². The van der Waals surface area contributed by atoms with Crippen LogP contribution in [0.3, 0.4) is 0 Å². The summed E-state index contributed by atoms with van der Waals surface area (Å²) in [5.74, 6) is -0.314. The zero-order chi connectivity index (χ0) is 21.4. The van der Waals surface area contributed by atoms with Crippen molar-refractivity contribution in [2.75, 3.05) is 23.3 Å². The number of fused-ring (bicyclic) bond motifs is 1. The molecule has 1 aliphatic heterocycles. The molecule has 0 saturated carbocycles. The van der Waals surface area contributed by atoms with Gasteiger partial charge in [-0.1, -0.05) is 11.6 Å². The minimum absolute atomic E-state index is 0.115. The van der Waals surface area contributed by atoms with Gasteiger partial charge < -0.3 is 14.8 Å². The standard InChI is InChI=1S/C20H23ClN6O3/c1-24-18-17(19(29)25(2)20(24)30)27(12-22-18)11-16(28)23-14-10-13(21)6-7-15(14)26-8-4-3-5-9-26/h6-7,10,12H,3-5,8-9,11H2,1-2H3,(H,23,28). The minimum Gasteiger partial charge on any atom is -0.370 e. The minimum atomic E-state index is -0.491. The Morgan fingerprint density at radius 1 is 1.13 bits per heavy atom. The largest absolute Gasteiger partial charge is 0.370 e. The van der Waals surface area contributed by atoms with Gasteiger partial charge in [0, 0.05) is 32.2 Å². The van der Waals surface area contributed by atoms with Crippen molar-refractivity contribution in [3.8, 4) is 0 Å². The zero-order valence-corrected chi connectivity index (χ0v) is 17.6. The molecule has 9 nitrogen and oxygen atoms in total. The number of halogens is 1. The average molecular weight is 431 g/mol. The average Bonchev–Trinajstić information content (AvgIpc) is 3.15. The number of hydrogen-bond donors (Lipinski definition) is 1. The van der Waals surface area contributed by atoms with Crippen LogP contribution in [-0.4, -0.2) is 37.7 Å². The Morgan fingerprint density at radius 3 is 2.60 bits per heavy atom. The number of imidazole rings is 1. The van der Waals surface area contributed by atoms with Crippen LogP contribution in [0.25, 0.3) is 11.2 Å². The lowest BCUT2D eigenvalue weighted by atomic mass is 10.1. The summed E-state index contributed by atoms with van der Waals surface area (Å²) in [7, 11) is 2.94. The van der Waals surface area contributed by atoms with E-state index in [-0.39, 0.29) is 23.6 Å². The normalized spacial score (nSPS) is 14.3. The Morgan fingerprint density at radius 2 is 1.87 bits per heavy atom. The van der Waals surface area contributed by atoms with Gasteiger partial charge >= 0.3 is 5.69 Å². The van der Waals surface area contributed by atoms with Crippen molar-refractivity contribution in [2.24, 2.45) is 14.1 Å². The Kier molecular flexibility index (Phi) is 5.38. The Bertz CT molecular complexity index is 1240. The van der Waals surface area contributed by atoms with Gasteiger partial charge in [-0.25, -0.2) is 9.78 Å². The van der Waals surface area contributed by atoms with Crippen LogP contribution in [0.2, 0.25) is 5.02 Å². The molecule has 10 heteroatoms. The summed E-state index contributed by atoms with van der Waals surface area (Å²) in [6.07, 6.45) is 4.82. The molecule has 0 aliphatic carbocycles. The molecular weight excluding hydrogens is 408 g/mol. The van der Waals surface area contributed by atoms with Crippen LogP contribution < -0.4 is 21.5 Å². The highest BCUT2D eigenvalue weighted by atomic mass is 35.5. The fourth-order valence-electron chi connectivity index (χ4n) is 3.88. The van der Waals surface area contributed by atoms with Crippen LogP contribution in [0.1, 0.15) is 19.3 Å². The fourth-order valence-corrected chi connectivity index (χ4v) is 4.05. The summed E-state index contributed by atoms with van der Waals surface area (Å²) in [6.45, 7) is 1.75. The van der Waals surface area contributed by atoms with Gasteiger partial charge in [0.25, 0.3) is 5.56 Å². The van der Waals surface area contributed by atoms with Crippen LogP contribution >= 0.6 is 11.6 Å². The number of anilines is 2. The molecule has 1 fully saturated rings. The number of aromatic nitrogens is 4. The van der Waals surface area contributed by atoms with E-state index in [1.54, 1.807) is 13.1 Å². The molecular formula is C20H23ClN6O3. The lowest BCUT2D eigenvalue weighted by Crippen LogP contribution is -2.37. The van der Waals surface area contributed by atoms with E-state index in [4.69, 9.17) is 11.6 Å². The molecule has 158 valence electrons. The maximum Gasteiger partial charge on any atom is 0.332 e. The predicted molar refractivity (Wildman–Crippen MR) is 116 cm³/mol. The number of piperidine rings is 1. The SMILES string of the molecule is Cn1c(=O)c2c(ncn2CC(=O)Nc2cc(Cl)ccc2N2CCCCC2)n(C)c1=O. The molecule has 0 radical (unpaired) electrons. The van der Waals surface area contributed by atoms with Gasteiger partial charge in [-0.15, -0.1) is 0 Å². The summed E-state index contributed by atoms with van der Waals surface area (Å²) >= 11 is 6.17. The lowest BCUT2D eigenvalue weighted by molar-refractivity contribution is -0.116. The molecule has 1 N–H and O–H groups in total. The summed E-state index contributed by atoms with van der Waals surface area (Å²) in [4.78, 5) is 43.8. The van der Waals surface area contributed by atoms with Gasteiger partial charge in [-0.2, -0.15) is 0 Å². The Labute approximate surface area is 177 Å². The predicted octanol–water partition coefficient (Wildman–Crippen LogP) is 1.72. The number of carbonyl (C=O) groups excluding carboxylic acids is 1. The second kappa shape index (κ2) is 7.98. The molecule has 1 saturated heterocycles. The molecule has 2 aromatic heterocycles. The molecule has 0 spiro atoms. The van der Waals surface area contributed by atoms with Crippen molar-refractivity contribution < 1.29 is 4.79 Å². The molecule has 3 heterocycles. The Hall–Kier alpha value is -3.07. The third-order valence-electron chi connectivity index (χ3n) is 5.46. The molecule has 1 amide bonds. The van der Waals surface area contributed by atoms with E-state index in [1.807, 2.05) is 12.1 Å². The summed E-state index contributed by atoms with van der Waals surface area (Å²) in [5, 5.41) is 3.45. The van der Waals surface area contributed by atoms with Crippen molar-refractivity contribution in [1.29, 1.82) is 0 Å². The van der Waals surface area contributed by atoms with Crippen molar-refractivity contribution >= 4 is 40.0 Å². The number of carbonyl (C=O) groups is 1. The number of benzene rings is 1. The number of nitrogens with zero attached hydrogens (tertiary/aromatic N) is 5. The zero-order valence-electron chi connectivity index (χ0n) is 16.9. The molecule has 4 rings (SSSR count). The van der Waals surface area contributed by atoms with E-state index in [9.17, 15) is 14.4 Å². The first-order valence-corrected chi connectivity index (χ1v) is 10.2. The van der Waals surface area contributed by atoms with Gasteiger partial charge in [0.2, 0.25) is 5.91 Å². The van der Waals surface area contributed by atoms with Crippen LogP contribution in [0.15, 0.2) is 34.1 Å². The van der Waals surface area contributed by atoms with E-state index in [2.05, 4.69) is 15.2 Å². The highest BCUT2D eigenvalue weighted by molar-refractivity contribution is 6.31. The van der Waals surface area contributed by atoms with Crippen molar-refractivity contribution in [3.63, 3.8) is 0 Å². The topological polar surface area (TPSA) is 94.2 Å². The lowest BCUT2D eigenvalue weighted by Gasteiger charge is -2.30. The van der Waals surface area contributed by atoms with Gasteiger partial charge in [0.1, 0.15) is 6.54 Å². The highest BCUT2D eigenvalue weighted by Gasteiger charge is 2.19. The quantitative estimate of drug-likeness (QED) is 0.680. The van der Waals surface area contributed by atoms with Crippen LogP contribution in [0, 0.1) is 0 Å². The second-order valence-electron chi connectivity index (χ2n) is 7.51. The number of amides is 1. The maximum absolute atomic E-state index is 12.8. The third kappa shape index (κ3) is 3.60. The molecule has 30 heavy (non-hydrogen) atoms. The second-order valence-corrected chi connectivity index (χ2v) is 7.94. The van der Waals surface area contributed by atoms with Crippen molar-refractivity contribution in [3.05, 3.63) is 50.4 Å². The van der Waals surface area contributed by atoms with E-state index in [0.29, 0.717) is 10.7 Å². The van der Waals surface area contributed by atoms with E-state index < -0.39 is 11.2 Å². The smallest absolute Gasteiger partial charge is 0.332 e. The molecule has 1 aromatic carbocycles. The monoisotopic (exact) mass is 430 g/mol. The van der Waals surface area contributed by atoms with Crippen LogP contribution in [0.5, 0.6) is 0 Å². The third-order valence-corrected chi connectivity index (χ3v) is 5.70. The maximum atomic E-state index is 12.8. The van der Waals surface area contributed by atoms with Gasteiger partial charge in [0.15, 0.2) is 11.2 Å². The number of aryl methyl sites for hydroxylation is 1. The van der Waals surface area contributed by atoms with E-state index >= 15 is 0 Å². The first-order chi connectivity index (χ1) is 14.4. The molecule has 3 aromatic rings. The van der Waals surface area contributed by atoms with Gasteiger partial charge in [-0.3, -0.25) is 18.7 Å². The van der Waals surface area contributed by atoms with E-state index in [1.165, 1.54) is 28.9 Å². The van der Waals surface area contributed by atoms with Gasteiger partial charge in [-0.05, 0) is 37.5 Å². The van der Waals surface area contributed by atoms with Crippen molar-refractivity contribution in [1.82, 2.24) is 18.7 Å². The van der Waals surface area contributed by atoms with E-state index in [0.717, 1.165) is 36.2 Å². The van der Waals surface area contributed by atoms with Crippen LogP contribution in [-0.2, 0) is 25.4 Å². The number of nitrogens with one attached hydrogen (secondary N) is 1. The van der Waals surface area contributed by atoms with Crippen molar-refractivity contribution in [2.45, 2.75) is 25.8 Å². The summed E-state index contributed by atoms with van der Waals surface area (Å²) < 4.78 is 3.75. The summed E-state index contributed by atoms with van der Waals surface area (Å²) in [6, 6.07) is 5.47. The first-order valence-electron chi connectivity index (χ1n) is 9.82. The fraction of sp³-hybridized carbons (Fsp3) is 0.400. The molecule has 0 unspecified atom stereocenters. The highest BCUT2D eigenvalue weighted by Crippen LogP contribution is 2.31. The van der Waals surface area contributed by atoms with Crippen LogP contribution in [0.4, 0.5) is 11.4 Å². The number of rotatable bonds is 4. The Balaban J connectivity index is 1.63. The molecule has 0 bridgehead atoms. The first kappa shape index (κ1) is 20.2. The summed E-state index contributed by atoms with van der Waals surface area (Å²) in [5.41, 5.74) is 1.06.